The summed E-state index contributed by atoms with van der Waals surface area (Å²) in [6, 6.07) is 7.70. The van der Waals surface area contributed by atoms with Crippen molar-refractivity contribution in [2.24, 2.45) is 0 Å². The van der Waals surface area contributed by atoms with Crippen LogP contribution in [0.25, 0.3) is 11.3 Å². The second kappa shape index (κ2) is 4.84. The molecule has 1 unspecified atom stereocenters. The molecule has 21 heavy (non-hydrogen) atoms. The lowest BCUT2D eigenvalue weighted by Gasteiger charge is -2.22. The normalized spacial score (nSPS) is 24.3. The molecule has 112 valence electrons. The maximum absolute atomic E-state index is 11.8. The van der Waals surface area contributed by atoms with E-state index in [-0.39, 0.29) is 11.5 Å². The van der Waals surface area contributed by atoms with Crippen molar-refractivity contribution in [1.82, 2.24) is 9.78 Å². The van der Waals surface area contributed by atoms with Crippen molar-refractivity contribution in [1.29, 1.82) is 0 Å². The van der Waals surface area contributed by atoms with Crippen LogP contribution in [0.3, 0.4) is 0 Å². The van der Waals surface area contributed by atoms with E-state index in [1.807, 2.05) is 31.2 Å². The van der Waals surface area contributed by atoms with Crippen molar-refractivity contribution >= 4 is 31.5 Å². The molecule has 0 aliphatic carbocycles. The molecule has 0 bridgehead atoms. The van der Waals surface area contributed by atoms with Crippen LogP contribution >= 0.6 is 15.9 Å². The van der Waals surface area contributed by atoms with Crippen LogP contribution in [0.5, 0.6) is 0 Å². The number of nitrogens with zero attached hydrogens (tertiary/aromatic N) is 2. The second-order valence-corrected chi connectivity index (χ2v) is 8.73. The number of nitrogen functional groups attached to an aromatic ring is 1. The van der Waals surface area contributed by atoms with Crippen LogP contribution in [0.2, 0.25) is 0 Å². The lowest BCUT2D eigenvalue weighted by Crippen LogP contribution is -2.31. The Hall–Kier alpha value is -1.34. The molecule has 1 aromatic heterocycles. The van der Waals surface area contributed by atoms with E-state index < -0.39 is 15.4 Å². The molecular formula is C14H16BrN3O2S. The van der Waals surface area contributed by atoms with E-state index in [0.717, 1.165) is 10.0 Å². The summed E-state index contributed by atoms with van der Waals surface area (Å²) in [5.41, 5.74) is 7.69. The zero-order valence-corrected chi connectivity index (χ0v) is 14.0. The van der Waals surface area contributed by atoms with Gasteiger partial charge in [-0.15, -0.1) is 0 Å². The fourth-order valence-electron chi connectivity index (χ4n) is 2.70. The van der Waals surface area contributed by atoms with Gasteiger partial charge in [0.25, 0.3) is 0 Å². The zero-order chi connectivity index (χ0) is 15.3. The molecule has 5 nitrogen and oxygen atoms in total. The smallest absolute Gasteiger partial charge is 0.152 e. The van der Waals surface area contributed by atoms with Crippen LogP contribution in [-0.4, -0.2) is 29.7 Å². The third-order valence-electron chi connectivity index (χ3n) is 3.91. The minimum atomic E-state index is -2.99. The molecule has 1 aliphatic rings. The number of sulfone groups is 1. The van der Waals surface area contributed by atoms with Gasteiger partial charge in [0.1, 0.15) is 5.69 Å². The largest absolute Gasteiger partial charge is 0.396 e. The van der Waals surface area contributed by atoms with Crippen LogP contribution in [0.15, 0.2) is 34.9 Å². The maximum atomic E-state index is 11.8. The molecule has 2 N–H and O–H groups in total. The monoisotopic (exact) mass is 369 g/mol. The Kier molecular flexibility index (Phi) is 3.37. The highest BCUT2D eigenvalue weighted by Gasteiger charge is 2.41. The highest BCUT2D eigenvalue weighted by molar-refractivity contribution is 9.10. The predicted molar refractivity (Wildman–Crippen MR) is 86.7 cm³/mol. The average molecular weight is 370 g/mol. The van der Waals surface area contributed by atoms with Gasteiger partial charge in [0.2, 0.25) is 0 Å². The SMILES string of the molecule is CC1(n2cc(N)c(-c3ccccc3Br)n2)CCS(=O)(=O)C1. The van der Waals surface area contributed by atoms with Crippen molar-refractivity contribution in [2.45, 2.75) is 18.9 Å². The quantitative estimate of drug-likeness (QED) is 0.881. The standard InChI is InChI=1S/C14H16BrN3O2S/c1-14(6-7-21(19,20)9-14)18-8-12(16)13(17-18)10-4-2-3-5-11(10)15/h2-5,8H,6-7,9,16H2,1H3. The van der Waals surface area contributed by atoms with Crippen molar-refractivity contribution < 1.29 is 8.42 Å². The number of nitrogens with two attached hydrogens (primary N) is 1. The van der Waals surface area contributed by atoms with Gasteiger partial charge >= 0.3 is 0 Å². The molecule has 1 fully saturated rings. The first-order chi connectivity index (χ1) is 9.81. The molecule has 0 spiro atoms. The summed E-state index contributed by atoms with van der Waals surface area (Å²) >= 11 is 3.49. The van der Waals surface area contributed by atoms with Gasteiger partial charge in [-0.1, -0.05) is 34.1 Å². The Labute approximate surface area is 132 Å². The van der Waals surface area contributed by atoms with Gasteiger partial charge in [0, 0.05) is 16.2 Å². The molecular weight excluding hydrogens is 354 g/mol. The Morgan fingerprint density at radius 2 is 2.10 bits per heavy atom. The molecule has 2 aromatic rings. The van der Waals surface area contributed by atoms with Gasteiger partial charge in [-0.2, -0.15) is 5.10 Å². The number of benzene rings is 1. The number of halogens is 1. The Morgan fingerprint density at radius 3 is 2.71 bits per heavy atom. The number of hydrogen-bond acceptors (Lipinski definition) is 4. The maximum Gasteiger partial charge on any atom is 0.152 e. The lowest BCUT2D eigenvalue weighted by molar-refractivity contribution is 0.329. The summed E-state index contributed by atoms with van der Waals surface area (Å²) in [5.74, 6) is 0.310. The molecule has 2 heterocycles. The molecule has 0 amide bonds. The van der Waals surface area contributed by atoms with Crippen molar-refractivity contribution in [3.63, 3.8) is 0 Å². The Morgan fingerprint density at radius 1 is 1.38 bits per heavy atom. The van der Waals surface area contributed by atoms with Crippen molar-refractivity contribution in [3.8, 4) is 11.3 Å². The van der Waals surface area contributed by atoms with Gasteiger partial charge < -0.3 is 5.73 Å². The van der Waals surface area contributed by atoms with Crippen molar-refractivity contribution in [3.05, 3.63) is 34.9 Å². The molecule has 1 aromatic carbocycles. The van der Waals surface area contributed by atoms with Crippen LogP contribution < -0.4 is 5.73 Å². The third kappa shape index (κ3) is 2.60. The van der Waals surface area contributed by atoms with Gasteiger partial charge in [-0.05, 0) is 19.4 Å². The minimum Gasteiger partial charge on any atom is -0.396 e. The number of aromatic nitrogens is 2. The molecule has 7 heteroatoms. The molecule has 1 saturated heterocycles. The van der Waals surface area contributed by atoms with Gasteiger partial charge in [-0.3, -0.25) is 4.68 Å². The minimum absolute atomic E-state index is 0.108. The lowest BCUT2D eigenvalue weighted by atomic mass is 10.0. The average Bonchev–Trinajstić information content (AvgIpc) is 2.92. The van der Waals surface area contributed by atoms with Crippen LogP contribution in [-0.2, 0) is 15.4 Å². The van der Waals surface area contributed by atoms with Gasteiger partial charge in [-0.25, -0.2) is 8.42 Å². The fourth-order valence-corrected chi connectivity index (χ4v) is 5.29. The Balaban J connectivity index is 2.05. The first-order valence-corrected chi connectivity index (χ1v) is 9.23. The molecule has 3 rings (SSSR count). The summed E-state index contributed by atoms with van der Waals surface area (Å²) < 4.78 is 26.1. The summed E-state index contributed by atoms with van der Waals surface area (Å²) in [7, 11) is -2.99. The van der Waals surface area contributed by atoms with Crippen molar-refractivity contribution in [2.75, 3.05) is 17.2 Å². The molecule has 0 radical (unpaired) electrons. The summed E-state index contributed by atoms with van der Waals surface area (Å²) in [4.78, 5) is 0. The molecule has 1 aliphatic heterocycles. The summed E-state index contributed by atoms with van der Waals surface area (Å²) in [5, 5.41) is 4.56. The van der Waals surface area contributed by atoms with E-state index in [1.54, 1.807) is 10.9 Å². The molecule has 1 atom stereocenters. The highest BCUT2D eigenvalue weighted by Crippen LogP contribution is 2.35. The van der Waals surface area contributed by atoms with Crippen LogP contribution in [0, 0.1) is 0 Å². The van der Waals surface area contributed by atoms with Crippen LogP contribution in [0.1, 0.15) is 13.3 Å². The second-order valence-electron chi connectivity index (χ2n) is 5.70. The van der Waals surface area contributed by atoms with Gasteiger partial charge in [0.05, 0.1) is 22.7 Å². The van der Waals surface area contributed by atoms with Gasteiger partial charge in [0.15, 0.2) is 9.84 Å². The predicted octanol–water partition coefficient (Wildman–Crippen LogP) is 2.43. The zero-order valence-electron chi connectivity index (χ0n) is 11.6. The van der Waals surface area contributed by atoms with E-state index in [4.69, 9.17) is 5.73 Å². The number of rotatable bonds is 2. The summed E-state index contributed by atoms with van der Waals surface area (Å²) in [6.45, 7) is 1.91. The van der Waals surface area contributed by atoms with E-state index >= 15 is 0 Å². The number of anilines is 1. The molecule has 0 saturated carbocycles. The van der Waals surface area contributed by atoms with Crippen LogP contribution in [0.4, 0.5) is 5.69 Å². The topological polar surface area (TPSA) is 78.0 Å². The summed E-state index contributed by atoms with van der Waals surface area (Å²) in [6.07, 6.45) is 2.29. The number of hydrogen-bond donors (Lipinski definition) is 1. The first kappa shape index (κ1) is 14.6. The highest BCUT2D eigenvalue weighted by atomic mass is 79.9. The van der Waals surface area contributed by atoms with E-state index in [1.165, 1.54) is 0 Å². The first-order valence-electron chi connectivity index (χ1n) is 6.62. The Bertz CT molecular complexity index is 800. The van der Waals surface area contributed by atoms with E-state index in [9.17, 15) is 8.42 Å². The van der Waals surface area contributed by atoms with E-state index in [0.29, 0.717) is 17.8 Å². The van der Waals surface area contributed by atoms with E-state index in [2.05, 4.69) is 21.0 Å². The third-order valence-corrected chi connectivity index (χ3v) is 6.49. The fraction of sp³-hybridized carbons (Fsp3) is 0.357.